The zero-order chi connectivity index (χ0) is 85.3. The van der Waals surface area contributed by atoms with Crippen LogP contribution in [0.2, 0.25) is 79.5 Å². The smallest absolute Gasteiger partial charge is 0.422 e. The number of hydrogen-bond donors (Lipinski definition) is 0. The number of hydrogen-bond acceptors (Lipinski definition) is 17. The van der Waals surface area contributed by atoms with Gasteiger partial charge >= 0.3 is 53.2 Å². The standard InChI is InChI=1S/2C18H27ClO3Si.C14H15ClO4.C9H7ClN2O2.C9H6ClN2O2.C9H20OSi.C5H8O2/c1-17(2,3)23(5,6)22-12-14-11-18(14,16(20)21-4)13-7-9-15(19)10-8-13;1-8-15(22-23(6,7)18(2,3)4)16(17(20)21-5)13-9-11-14(19)12-10-13;1-9(16)19-8-11-7-14(11,13(17)18-2)10-3-5-12(15)6-4-10;2*1-14-9(13)8(12-11)6-2-4-7(10)5-3-6;1-7-8-10-11(5,6)9(2,3)4;1-3-4-7-5(2)6/h7-10,14H,11-12H2,1-6H3;8-12,15-16H,1H2,2-7H3;3-6,11H,7-8H2,1-2H3;2-5H,1H3;2,4-5H,1H3;7H,1,8H2,2-6H3;3H,1,4H2,2H3/q;;;;-1;;/t14-,18-;15-,16+;11-,14-;;;;/m101..../s1. The van der Waals surface area contributed by atoms with Crippen LogP contribution in [-0.4, -0.2) is 156 Å². The SMILES string of the molecule is C=CCOC(C)=O.C=CCO[Si](C)(C)C(C)(C)C.C=C[C@H](O[Si](C)(C)C(C)(C)C)[C@H](C(=O)OC)c1ccc(Cl)cc1.COC(=O)C(=[N+]=[N-])c1[c-]cc(Cl)cc1.COC(=O)C(=[N+]=[N-])c1ccc(Cl)cc1.COC(=O)[C@@]1(c2ccc(Cl)cc2)C[C@@H]1COC(C)=O.COC(=O)[C@@]1(c2ccc(Cl)cc2)C[C@@H]1CO[Si](C)(C)C(C)(C)C. The van der Waals surface area contributed by atoms with Gasteiger partial charge in [0, 0.05) is 52.4 Å². The molecular formula is C82H110Cl5N4O17Si3-. The highest BCUT2D eigenvalue weighted by molar-refractivity contribution is 6.75. The summed E-state index contributed by atoms with van der Waals surface area (Å²) in [6.07, 6.45) is 5.99. The summed E-state index contributed by atoms with van der Waals surface area (Å²) in [7, 11) is 1.23. The molecule has 0 heterocycles. The average molecular weight is 1690 g/mol. The first-order valence-corrected chi connectivity index (χ1v) is 45.8. The van der Waals surface area contributed by atoms with Crippen LogP contribution in [0.25, 0.3) is 11.1 Å². The number of carbonyl (C=O) groups is 7. The zero-order valence-corrected chi connectivity index (χ0v) is 74.8. The van der Waals surface area contributed by atoms with E-state index in [4.69, 9.17) is 101 Å². The minimum atomic E-state index is -2.06. The van der Waals surface area contributed by atoms with Gasteiger partial charge in [-0.3, -0.25) is 24.0 Å². The average Bonchev–Trinajstić information content (AvgIpc) is 1.57. The van der Waals surface area contributed by atoms with E-state index in [9.17, 15) is 33.6 Å². The number of nitrogens with zero attached hydrogens (tertiary/aromatic N) is 4. The van der Waals surface area contributed by atoms with Gasteiger partial charge in [-0.2, -0.15) is 4.79 Å². The molecule has 0 aliphatic heterocycles. The van der Waals surface area contributed by atoms with Gasteiger partial charge in [0.05, 0.1) is 71.3 Å². The Labute approximate surface area is 684 Å². The lowest BCUT2D eigenvalue weighted by Crippen LogP contribution is -2.46. The summed E-state index contributed by atoms with van der Waals surface area (Å²) in [4.78, 5) is 85.4. The Morgan fingerprint density at radius 1 is 0.505 bits per heavy atom. The Balaban J connectivity index is 0.000000665. The summed E-state index contributed by atoms with van der Waals surface area (Å²) in [5.74, 6) is -3.27. The van der Waals surface area contributed by atoms with Crippen molar-refractivity contribution in [2.24, 2.45) is 11.8 Å². The quantitative estimate of drug-likeness (QED) is 0.00811. The highest BCUT2D eigenvalue weighted by Crippen LogP contribution is 2.57. The first-order chi connectivity index (χ1) is 51.5. The number of carbonyl (C=O) groups excluding carboxylic acids is 7. The predicted molar refractivity (Wildman–Crippen MR) is 446 cm³/mol. The molecule has 0 spiro atoms. The lowest BCUT2D eigenvalue weighted by atomic mass is 9.93. The van der Waals surface area contributed by atoms with Gasteiger partial charge in [-0.25, -0.2) is 14.4 Å². The second-order valence-electron chi connectivity index (χ2n) is 30.0. The minimum Gasteiger partial charge on any atom is -0.468 e. The first kappa shape index (κ1) is 101. The molecule has 21 nitrogen and oxygen atoms in total. The Hall–Kier alpha value is -7.65. The minimum absolute atomic E-state index is 0.0366. The fourth-order valence-electron chi connectivity index (χ4n) is 9.57. The van der Waals surface area contributed by atoms with Gasteiger partial charge in [0.15, 0.2) is 25.0 Å². The Morgan fingerprint density at radius 3 is 1.22 bits per heavy atom. The van der Waals surface area contributed by atoms with Crippen LogP contribution in [-0.2, 0) is 90.8 Å². The van der Waals surface area contributed by atoms with Crippen molar-refractivity contribution < 1.29 is 89.6 Å². The molecule has 0 aromatic heterocycles. The number of benzene rings is 5. The van der Waals surface area contributed by atoms with E-state index in [0.29, 0.717) is 67.5 Å². The van der Waals surface area contributed by atoms with Crippen molar-refractivity contribution in [3.05, 3.63) is 223 Å². The van der Waals surface area contributed by atoms with Crippen molar-refractivity contribution in [1.29, 1.82) is 0 Å². The van der Waals surface area contributed by atoms with E-state index < -0.39 is 59.7 Å². The van der Waals surface area contributed by atoms with E-state index in [0.717, 1.165) is 23.1 Å². The van der Waals surface area contributed by atoms with E-state index in [1.807, 2.05) is 54.6 Å². The van der Waals surface area contributed by atoms with Crippen LogP contribution in [0.5, 0.6) is 0 Å². The van der Waals surface area contributed by atoms with Crippen molar-refractivity contribution in [3.8, 4) is 0 Å². The molecular weight excluding hydrogens is 1570 g/mol. The largest absolute Gasteiger partial charge is 0.468 e. The van der Waals surface area contributed by atoms with Crippen LogP contribution in [0.4, 0.5) is 0 Å². The molecule has 0 unspecified atom stereocenters. The van der Waals surface area contributed by atoms with Gasteiger partial charge in [-0.15, -0.1) is 49.0 Å². The highest BCUT2D eigenvalue weighted by Gasteiger charge is 2.63. The van der Waals surface area contributed by atoms with E-state index in [-0.39, 0.29) is 69.8 Å². The van der Waals surface area contributed by atoms with Crippen molar-refractivity contribution in [3.63, 3.8) is 0 Å². The highest BCUT2D eigenvalue weighted by atomic mass is 35.5. The second-order valence-corrected chi connectivity index (χ2v) is 46.6. The molecule has 608 valence electrons. The topological polar surface area (TPSA) is 285 Å². The van der Waals surface area contributed by atoms with Crippen LogP contribution in [0.1, 0.15) is 123 Å². The van der Waals surface area contributed by atoms with E-state index in [1.54, 1.807) is 60.7 Å². The Bertz CT molecular complexity index is 3920. The van der Waals surface area contributed by atoms with Gasteiger partial charge in [-0.05, 0) is 150 Å². The molecule has 2 aliphatic rings. The summed E-state index contributed by atoms with van der Waals surface area (Å²) >= 11 is 29.0. The summed E-state index contributed by atoms with van der Waals surface area (Å²) in [5, 5.41) is 3.44. The molecule has 5 aromatic rings. The number of ether oxygens (including phenoxy) is 7. The van der Waals surface area contributed by atoms with Gasteiger partial charge in [0.2, 0.25) is 0 Å². The normalized spacial score (nSPS) is 16.4. The summed E-state index contributed by atoms with van der Waals surface area (Å²) < 4.78 is 51.7. The number of halogens is 5. The maximum Gasteiger partial charge on any atom is 0.422 e. The zero-order valence-electron chi connectivity index (χ0n) is 68.0. The summed E-state index contributed by atoms with van der Waals surface area (Å²) in [5.41, 5.74) is 19.0. The van der Waals surface area contributed by atoms with Gasteiger partial charge in [-0.1, -0.05) is 175 Å². The Kier molecular flexibility index (Phi) is 42.5. The van der Waals surface area contributed by atoms with Gasteiger partial charge in [0.25, 0.3) is 0 Å². The van der Waals surface area contributed by atoms with Crippen LogP contribution in [0.3, 0.4) is 0 Å². The molecule has 2 aliphatic carbocycles. The molecule has 2 fully saturated rings. The molecule has 0 saturated heterocycles. The molecule has 5 aromatic carbocycles. The molecule has 111 heavy (non-hydrogen) atoms. The molecule has 0 bridgehead atoms. The summed E-state index contributed by atoms with van der Waals surface area (Å²) in [6.45, 7) is 48.6. The Morgan fingerprint density at radius 2 is 0.883 bits per heavy atom. The van der Waals surface area contributed by atoms with E-state index in [2.05, 4.69) is 151 Å². The monoisotopic (exact) mass is 1680 g/mol. The molecule has 2 saturated carbocycles. The van der Waals surface area contributed by atoms with Crippen LogP contribution in [0.15, 0.2) is 153 Å². The van der Waals surface area contributed by atoms with Crippen molar-refractivity contribution in [1.82, 2.24) is 0 Å². The molecule has 0 N–H and O–H groups in total. The number of rotatable bonds is 24. The maximum absolute atomic E-state index is 12.4. The number of esters is 7. The maximum atomic E-state index is 12.4. The fourth-order valence-corrected chi connectivity index (χ4v) is 13.5. The van der Waals surface area contributed by atoms with Crippen molar-refractivity contribution in [2.45, 2.75) is 166 Å². The first-order valence-electron chi connectivity index (χ1n) is 35.2. The fraction of sp³-hybridized carbons (Fsp3) is 0.451. The van der Waals surface area contributed by atoms with E-state index in [1.165, 1.54) is 67.6 Å². The van der Waals surface area contributed by atoms with Crippen LogP contribution in [0, 0.1) is 17.9 Å². The molecule has 6 atom stereocenters. The molecule has 7 rings (SSSR count). The van der Waals surface area contributed by atoms with Crippen LogP contribution >= 0.6 is 58.0 Å². The van der Waals surface area contributed by atoms with Crippen LogP contribution < -0.4 is 0 Å². The predicted octanol–water partition coefficient (Wildman–Crippen LogP) is 19.1. The van der Waals surface area contributed by atoms with E-state index >= 15 is 0 Å². The van der Waals surface area contributed by atoms with Gasteiger partial charge < -0.3 is 57.5 Å². The molecule has 29 heteroatoms. The third-order valence-electron chi connectivity index (χ3n) is 19.3. The third kappa shape index (κ3) is 31.7. The van der Waals surface area contributed by atoms with Crippen molar-refractivity contribution >= 4 is 136 Å². The molecule has 0 amide bonds. The lowest BCUT2D eigenvalue weighted by molar-refractivity contribution is -0.146. The van der Waals surface area contributed by atoms with Gasteiger partial charge in [0.1, 0.15) is 12.5 Å². The summed E-state index contributed by atoms with van der Waals surface area (Å²) in [6, 6.07) is 35.3. The van der Waals surface area contributed by atoms with Crippen molar-refractivity contribution in [2.75, 3.05) is 62.0 Å². The lowest BCUT2D eigenvalue weighted by Gasteiger charge is -2.40. The number of methoxy groups -OCH3 is 5. The third-order valence-corrected chi connectivity index (χ3v) is 34.0. The second kappa shape index (κ2) is 46.5. The molecule has 0 radical (unpaired) electrons.